The van der Waals surface area contributed by atoms with Crippen molar-refractivity contribution >= 4 is 11.6 Å². The number of carbonyl (C=O) groups is 1. The van der Waals surface area contributed by atoms with E-state index >= 15 is 0 Å². The number of pyridine rings is 1. The first-order chi connectivity index (χ1) is 9.83. The number of benzene rings is 1. The minimum absolute atomic E-state index is 0.193. The maximum Gasteiger partial charge on any atom is 0.257 e. The molecule has 2 aromatic heterocycles. The highest BCUT2D eigenvalue weighted by Crippen LogP contribution is 2.19. The van der Waals surface area contributed by atoms with Crippen LogP contribution in [0.3, 0.4) is 0 Å². The average Bonchev–Trinajstić information content (AvgIpc) is 3.03. The summed E-state index contributed by atoms with van der Waals surface area (Å²) in [6.45, 7) is 0. The molecule has 0 unspecified atom stereocenters. The Balaban J connectivity index is 1.74. The van der Waals surface area contributed by atoms with E-state index in [0.29, 0.717) is 17.1 Å². The Morgan fingerprint density at radius 1 is 1.10 bits per heavy atom. The van der Waals surface area contributed by atoms with Gasteiger partial charge in [0.05, 0.1) is 11.8 Å². The van der Waals surface area contributed by atoms with Crippen LogP contribution in [0.4, 0.5) is 5.69 Å². The van der Waals surface area contributed by atoms with Gasteiger partial charge in [-0.05, 0) is 36.4 Å². The maximum absolute atomic E-state index is 11.9. The van der Waals surface area contributed by atoms with E-state index in [0.717, 1.165) is 5.56 Å². The number of rotatable bonds is 3. The average molecular weight is 265 g/mol. The second kappa shape index (κ2) is 5.36. The van der Waals surface area contributed by atoms with Crippen molar-refractivity contribution in [2.45, 2.75) is 0 Å². The summed E-state index contributed by atoms with van der Waals surface area (Å²) in [7, 11) is 0. The zero-order chi connectivity index (χ0) is 13.8. The Labute approximate surface area is 115 Å². The molecule has 3 rings (SSSR count). The minimum atomic E-state index is -0.193. The number of carbonyl (C=O) groups excluding carboxylic acids is 1. The van der Waals surface area contributed by atoms with Crippen molar-refractivity contribution in [3.8, 4) is 11.5 Å². The van der Waals surface area contributed by atoms with Crippen LogP contribution in [0.25, 0.3) is 11.5 Å². The predicted octanol–water partition coefficient (Wildman–Crippen LogP) is 2.99. The first-order valence-corrected chi connectivity index (χ1v) is 6.04. The van der Waals surface area contributed by atoms with Crippen LogP contribution in [0.5, 0.6) is 0 Å². The minimum Gasteiger partial charge on any atom is -0.445 e. The topological polar surface area (TPSA) is 68.0 Å². The molecule has 0 fully saturated rings. The highest BCUT2D eigenvalue weighted by molar-refractivity contribution is 6.04. The van der Waals surface area contributed by atoms with E-state index in [-0.39, 0.29) is 5.91 Å². The molecule has 1 N–H and O–H groups in total. The van der Waals surface area contributed by atoms with Gasteiger partial charge in [-0.25, -0.2) is 4.98 Å². The molecular formula is C15H11N3O2. The summed E-state index contributed by atoms with van der Waals surface area (Å²) in [6, 6.07) is 10.7. The van der Waals surface area contributed by atoms with Gasteiger partial charge in [-0.1, -0.05) is 0 Å². The van der Waals surface area contributed by atoms with Crippen molar-refractivity contribution in [3.63, 3.8) is 0 Å². The van der Waals surface area contributed by atoms with Crippen LogP contribution in [-0.2, 0) is 0 Å². The van der Waals surface area contributed by atoms with Crippen LogP contribution in [0.2, 0.25) is 0 Å². The monoisotopic (exact) mass is 265 g/mol. The van der Waals surface area contributed by atoms with Gasteiger partial charge in [0, 0.05) is 23.6 Å². The standard InChI is InChI=1S/C15H11N3O2/c19-14(12-2-1-7-16-10-12)18-13-5-3-11(4-6-13)15-17-8-9-20-15/h1-10H,(H,18,19). The van der Waals surface area contributed by atoms with Gasteiger partial charge in [0.1, 0.15) is 6.26 Å². The highest BCUT2D eigenvalue weighted by Gasteiger charge is 2.06. The van der Waals surface area contributed by atoms with Gasteiger partial charge in [-0.2, -0.15) is 0 Å². The molecule has 3 aromatic rings. The molecule has 0 saturated carbocycles. The Morgan fingerprint density at radius 2 is 1.95 bits per heavy atom. The highest BCUT2D eigenvalue weighted by atomic mass is 16.3. The Hall–Kier alpha value is -2.95. The van der Waals surface area contributed by atoms with Crippen molar-refractivity contribution in [2.24, 2.45) is 0 Å². The quantitative estimate of drug-likeness (QED) is 0.790. The van der Waals surface area contributed by atoms with Gasteiger partial charge >= 0.3 is 0 Å². The number of nitrogens with one attached hydrogen (secondary N) is 1. The van der Waals surface area contributed by atoms with E-state index in [1.165, 1.54) is 12.5 Å². The Bertz CT molecular complexity index is 692. The van der Waals surface area contributed by atoms with Gasteiger partial charge in [0.15, 0.2) is 0 Å². The van der Waals surface area contributed by atoms with Gasteiger partial charge < -0.3 is 9.73 Å². The molecule has 0 saturated heterocycles. The molecule has 1 aromatic carbocycles. The largest absolute Gasteiger partial charge is 0.445 e. The molecule has 5 heteroatoms. The Morgan fingerprint density at radius 3 is 2.60 bits per heavy atom. The molecule has 5 nitrogen and oxygen atoms in total. The van der Waals surface area contributed by atoms with Crippen LogP contribution in [0, 0.1) is 0 Å². The molecule has 0 radical (unpaired) electrons. The number of aromatic nitrogens is 2. The fourth-order valence-corrected chi connectivity index (χ4v) is 1.76. The third-order valence-electron chi connectivity index (χ3n) is 2.75. The zero-order valence-corrected chi connectivity index (χ0v) is 10.5. The van der Waals surface area contributed by atoms with Gasteiger partial charge in [-0.15, -0.1) is 0 Å². The summed E-state index contributed by atoms with van der Waals surface area (Å²) >= 11 is 0. The van der Waals surface area contributed by atoms with Gasteiger partial charge in [-0.3, -0.25) is 9.78 Å². The van der Waals surface area contributed by atoms with Crippen molar-refractivity contribution < 1.29 is 9.21 Å². The molecule has 0 bridgehead atoms. The molecule has 0 aliphatic heterocycles. The normalized spacial score (nSPS) is 10.2. The van der Waals surface area contributed by atoms with Crippen molar-refractivity contribution in [1.29, 1.82) is 0 Å². The molecule has 1 amide bonds. The van der Waals surface area contributed by atoms with Crippen molar-refractivity contribution in [3.05, 3.63) is 66.8 Å². The Kier molecular flexibility index (Phi) is 3.24. The van der Waals surface area contributed by atoms with E-state index in [2.05, 4.69) is 15.3 Å². The van der Waals surface area contributed by atoms with Crippen LogP contribution >= 0.6 is 0 Å². The fraction of sp³-hybridized carbons (Fsp3) is 0. The van der Waals surface area contributed by atoms with Crippen LogP contribution < -0.4 is 5.32 Å². The summed E-state index contributed by atoms with van der Waals surface area (Å²) in [4.78, 5) is 19.9. The lowest BCUT2D eigenvalue weighted by atomic mass is 10.2. The number of anilines is 1. The van der Waals surface area contributed by atoms with E-state index in [1.54, 1.807) is 36.7 Å². The lowest BCUT2D eigenvalue weighted by molar-refractivity contribution is 0.102. The van der Waals surface area contributed by atoms with E-state index in [9.17, 15) is 4.79 Å². The summed E-state index contributed by atoms with van der Waals surface area (Å²) in [6.07, 6.45) is 6.26. The number of hydrogen-bond acceptors (Lipinski definition) is 4. The van der Waals surface area contributed by atoms with Crippen LogP contribution in [0.1, 0.15) is 10.4 Å². The first-order valence-electron chi connectivity index (χ1n) is 6.04. The zero-order valence-electron chi connectivity index (χ0n) is 10.5. The lowest BCUT2D eigenvalue weighted by Gasteiger charge is -2.05. The number of hydrogen-bond donors (Lipinski definition) is 1. The van der Waals surface area contributed by atoms with Crippen LogP contribution in [0.15, 0.2) is 65.7 Å². The number of nitrogens with zero attached hydrogens (tertiary/aromatic N) is 2. The summed E-state index contributed by atoms with van der Waals surface area (Å²) in [5.41, 5.74) is 2.08. The second-order valence-electron chi connectivity index (χ2n) is 4.11. The summed E-state index contributed by atoms with van der Waals surface area (Å²) in [5.74, 6) is 0.358. The van der Waals surface area contributed by atoms with Gasteiger partial charge in [0.2, 0.25) is 5.89 Å². The summed E-state index contributed by atoms with van der Waals surface area (Å²) in [5, 5.41) is 2.80. The predicted molar refractivity (Wildman–Crippen MR) is 74.1 cm³/mol. The molecule has 2 heterocycles. The molecule has 0 atom stereocenters. The molecule has 98 valence electrons. The van der Waals surface area contributed by atoms with Crippen molar-refractivity contribution in [2.75, 3.05) is 5.32 Å². The van der Waals surface area contributed by atoms with E-state index in [4.69, 9.17) is 4.42 Å². The SMILES string of the molecule is O=C(Nc1ccc(-c2ncco2)cc1)c1cccnc1. The third-order valence-corrected chi connectivity index (χ3v) is 2.75. The fourth-order valence-electron chi connectivity index (χ4n) is 1.76. The first kappa shape index (κ1) is 12.1. The van der Waals surface area contributed by atoms with Crippen LogP contribution in [-0.4, -0.2) is 15.9 Å². The van der Waals surface area contributed by atoms with E-state index in [1.807, 2.05) is 12.1 Å². The summed E-state index contributed by atoms with van der Waals surface area (Å²) < 4.78 is 5.20. The molecular weight excluding hydrogens is 254 g/mol. The molecule has 0 aliphatic carbocycles. The lowest BCUT2D eigenvalue weighted by Crippen LogP contribution is -2.11. The maximum atomic E-state index is 11.9. The number of oxazole rings is 1. The molecule has 0 spiro atoms. The molecule has 0 aliphatic rings. The van der Waals surface area contributed by atoms with Crippen molar-refractivity contribution in [1.82, 2.24) is 9.97 Å². The number of amides is 1. The smallest absolute Gasteiger partial charge is 0.257 e. The third kappa shape index (κ3) is 2.56. The van der Waals surface area contributed by atoms with Gasteiger partial charge in [0.25, 0.3) is 5.91 Å². The molecule has 20 heavy (non-hydrogen) atoms. The van der Waals surface area contributed by atoms with E-state index < -0.39 is 0 Å². The second-order valence-corrected chi connectivity index (χ2v) is 4.11.